The summed E-state index contributed by atoms with van der Waals surface area (Å²) in [5.74, 6) is -0.0249. The summed E-state index contributed by atoms with van der Waals surface area (Å²) in [6, 6.07) is 10.5. The molecule has 0 bridgehead atoms. The lowest BCUT2D eigenvalue weighted by Gasteiger charge is -2.48. The molecule has 2 fully saturated rings. The highest BCUT2D eigenvalue weighted by molar-refractivity contribution is 5.95. The molecule has 2 heterocycles. The first-order valence-electron chi connectivity index (χ1n) is 12.9. The molecule has 2 aromatic rings. The van der Waals surface area contributed by atoms with Crippen LogP contribution in [0.4, 0.5) is 10.5 Å². The van der Waals surface area contributed by atoms with Gasteiger partial charge in [0, 0.05) is 25.2 Å². The molecule has 1 aromatic heterocycles. The molecule has 1 aliphatic heterocycles. The van der Waals surface area contributed by atoms with Crippen molar-refractivity contribution in [1.82, 2.24) is 30.4 Å². The number of hydrogen-bond donors (Lipinski definition) is 2. The maximum atomic E-state index is 13.0. The highest BCUT2D eigenvalue weighted by Crippen LogP contribution is 2.46. The zero-order chi connectivity index (χ0) is 25.8. The van der Waals surface area contributed by atoms with Gasteiger partial charge < -0.3 is 15.5 Å². The Labute approximate surface area is 214 Å². The van der Waals surface area contributed by atoms with Crippen molar-refractivity contribution in [1.29, 1.82) is 0 Å². The molecule has 1 aliphatic carbocycles. The third-order valence-electron chi connectivity index (χ3n) is 7.83. The van der Waals surface area contributed by atoms with Gasteiger partial charge in [-0.1, -0.05) is 37.3 Å². The first kappa shape index (κ1) is 26.0. The average Bonchev–Trinajstić information content (AvgIpc) is 3.22. The van der Waals surface area contributed by atoms with E-state index >= 15 is 0 Å². The molecule has 4 rings (SSSR count). The maximum Gasteiger partial charge on any atom is 0.322 e. The number of hydrogen-bond acceptors (Lipinski definition) is 6. The van der Waals surface area contributed by atoms with Crippen molar-refractivity contribution < 1.29 is 9.59 Å². The Morgan fingerprint density at radius 1 is 1.08 bits per heavy atom. The van der Waals surface area contributed by atoms with Crippen LogP contribution in [0.1, 0.15) is 55.2 Å². The van der Waals surface area contributed by atoms with E-state index in [9.17, 15) is 9.59 Å². The standard InChI is InChI=1S/C27H39N7O2/c1-5-16-33(17-15-28-2)24(35)23-29-18-22(19-30-23)34-20-26(31-25(34)36)11-13-27(14-12-26,32(3)4)21-9-7-6-8-10-21/h6-10,18-19,28H,5,11-17,20H2,1-4H3,(H,31,36)/t26-,27+. The van der Waals surface area contributed by atoms with Gasteiger partial charge in [0.1, 0.15) is 0 Å². The van der Waals surface area contributed by atoms with Gasteiger partial charge in [-0.05, 0) is 58.8 Å². The molecule has 1 spiro atoms. The monoisotopic (exact) mass is 493 g/mol. The fourth-order valence-electron chi connectivity index (χ4n) is 5.63. The Hall–Kier alpha value is -3.04. The largest absolute Gasteiger partial charge is 0.335 e. The summed E-state index contributed by atoms with van der Waals surface area (Å²) in [7, 11) is 6.15. The number of amides is 3. The van der Waals surface area contributed by atoms with Crippen LogP contribution in [0.3, 0.4) is 0 Å². The van der Waals surface area contributed by atoms with E-state index in [1.165, 1.54) is 5.56 Å². The van der Waals surface area contributed by atoms with Crippen molar-refractivity contribution in [3.63, 3.8) is 0 Å². The van der Waals surface area contributed by atoms with E-state index in [4.69, 9.17) is 0 Å². The fourth-order valence-corrected chi connectivity index (χ4v) is 5.63. The number of carbonyl (C=O) groups excluding carboxylic acids is 2. The van der Waals surface area contributed by atoms with Crippen LogP contribution in [0.2, 0.25) is 0 Å². The third kappa shape index (κ3) is 5.08. The topological polar surface area (TPSA) is 93.7 Å². The zero-order valence-electron chi connectivity index (χ0n) is 22.0. The molecule has 0 atom stereocenters. The van der Waals surface area contributed by atoms with Gasteiger partial charge in [-0.2, -0.15) is 0 Å². The second-order valence-corrected chi connectivity index (χ2v) is 10.2. The number of anilines is 1. The van der Waals surface area contributed by atoms with Crippen LogP contribution in [0.25, 0.3) is 0 Å². The molecule has 9 heteroatoms. The van der Waals surface area contributed by atoms with Gasteiger partial charge >= 0.3 is 6.03 Å². The second-order valence-electron chi connectivity index (χ2n) is 10.2. The minimum atomic E-state index is -0.273. The predicted molar refractivity (Wildman–Crippen MR) is 141 cm³/mol. The van der Waals surface area contributed by atoms with Crippen molar-refractivity contribution in [2.75, 3.05) is 52.2 Å². The molecule has 0 unspecified atom stereocenters. The minimum absolute atomic E-state index is 0.0343. The van der Waals surface area contributed by atoms with Crippen molar-refractivity contribution >= 4 is 17.6 Å². The van der Waals surface area contributed by atoms with Crippen LogP contribution in [0.15, 0.2) is 42.7 Å². The van der Waals surface area contributed by atoms with E-state index in [0.29, 0.717) is 31.9 Å². The molecule has 3 amide bonds. The molecule has 2 aliphatic rings. The summed E-state index contributed by atoms with van der Waals surface area (Å²) in [6.45, 7) is 4.58. The first-order chi connectivity index (χ1) is 17.3. The Kier molecular flexibility index (Phi) is 7.90. The molecule has 2 N–H and O–H groups in total. The summed E-state index contributed by atoms with van der Waals surface area (Å²) in [6.07, 6.45) is 7.75. The molecule has 1 saturated carbocycles. The molecular formula is C27H39N7O2. The smallest absolute Gasteiger partial charge is 0.322 e. The molecule has 9 nitrogen and oxygen atoms in total. The number of benzene rings is 1. The Morgan fingerprint density at radius 3 is 2.33 bits per heavy atom. The van der Waals surface area contributed by atoms with Crippen LogP contribution < -0.4 is 15.5 Å². The predicted octanol–water partition coefficient (Wildman–Crippen LogP) is 2.85. The molecular weight excluding hydrogens is 454 g/mol. The van der Waals surface area contributed by atoms with E-state index in [1.807, 2.05) is 14.0 Å². The van der Waals surface area contributed by atoms with Gasteiger partial charge in [0.2, 0.25) is 5.82 Å². The van der Waals surface area contributed by atoms with E-state index < -0.39 is 0 Å². The lowest BCUT2D eigenvalue weighted by molar-refractivity contribution is 0.0657. The van der Waals surface area contributed by atoms with Crippen LogP contribution in [0.5, 0.6) is 0 Å². The number of urea groups is 1. The van der Waals surface area contributed by atoms with Crippen molar-refractivity contribution in [2.45, 2.75) is 50.1 Å². The average molecular weight is 494 g/mol. The lowest BCUT2D eigenvalue weighted by atomic mass is 9.69. The molecule has 0 radical (unpaired) electrons. The number of nitrogens with zero attached hydrogens (tertiary/aromatic N) is 5. The summed E-state index contributed by atoms with van der Waals surface area (Å²) in [5.41, 5.74) is 1.63. The number of carbonyl (C=O) groups is 2. The third-order valence-corrected chi connectivity index (χ3v) is 7.83. The van der Waals surface area contributed by atoms with E-state index in [1.54, 1.807) is 22.2 Å². The summed E-state index contributed by atoms with van der Waals surface area (Å²) >= 11 is 0. The van der Waals surface area contributed by atoms with Gasteiger partial charge in [0.05, 0.1) is 30.2 Å². The van der Waals surface area contributed by atoms with Gasteiger partial charge in [0.25, 0.3) is 5.91 Å². The number of rotatable bonds is 9. The fraction of sp³-hybridized carbons (Fsp3) is 0.556. The van der Waals surface area contributed by atoms with Gasteiger partial charge in [0.15, 0.2) is 0 Å². The molecule has 194 valence electrons. The van der Waals surface area contributed by atoms with E-state index in [-0.39, 0.29) is 28.8 Å². The van der Waals surface area contributed by atoms with Crippen molar-refractivity contribution in [3.8, 4) is 0 Å². The zero-order valence-corrected chi connectivity index (χ0v) is 22.0. The van der Waals surface area contributed by atoms with Crippen LogP contribution >= 0.6 is 0 Å². The minimum Gasteiger partial charge on any atom is -0.335 e. The first-order valence-corrected chi connectivity index (χ1v) is 12.9. The van der Waals surface area contributed by atoms with Crippen LogP contribution in [-0.4, -0.2) is 84.6 Å². The number of likely N-dealkylation sites (N-methyl/N-ethyl adjacent to an activating group) is 1. The summed E-state index contributed by atoms with van der Waals surface area (Å²) in [5, 5.41) is 6.35. The number of aromatic nitrogens is 2. The maximum absolute atomic E-state index is 13.0. The van der Waals surface area contributed by atoms with Crippen LogP contribution in [0, 0.1) is 0 Å². The molecule has 1 saturated heterocycles. The SMILES string of the molecule is CCCN(CCNC)C(=O)c1ncc(N2C[C@]3(CC[C@](c4ccccc4)(N(C)C)CC3)NC2=O)cn1. The highest BCUT2D eigenvalue weighted by Gasteiger charge is 2.50. The van der Waals surface area contributed by atoms with Gasteiger partial charge in [-0.25, -0.2) is 14.8 Å². The van der Waals surface area contributed by atoms with E-state index in [2.05, 4.69) is 69.9 Å². The van der Waals surface area contributed by atoms with Crippen LogP contribution in [-0.2, 0) is 5.54 Å². The molecule has 1 aromatic carbocycles. The van der Waals surface area contributed by atoms with E-state index in [0.717, 1.165) is 32.1 Å². The van der Waals surface area contributed by atoms with Gasteiger partial charge in [-0.3, -0.25) is 14.6 Å². The van der Waals surface area contributed by atoms with Gasteiger partial charge in [-0.15, -0.1) is 0 Å². The summed E-state index contributed by atoms with van der Waals surface area (Å²) < 4.78 is 0. The normalized spacial score (nSPS) is 23.8. The van der Waals surface area contributed by atoms with Crippen molar-refractivity contribution in [3.05, 3.63) is 54.1 Å². The molecule has 36 heavy (non-hydrogen) atoms. The summed E-state index contributed by atoms with van der Waals surface area (Å²) in [4.78, 5) is 40.4. The highest BCUT2D eigenvalue weighted by atomic mass is 16.2. The quantitative estimate of drug-likeness (QED) is 0.558. The Morgan fingerprint density at radius 2 is 1.75 bits per heavy atom. The Bertz CT molecular complexity index is 1030. The van der Waals surface area contributed by atoms with Crippen molar-refractivity contribution in [2.24, 2.45) is 0 Å². The lowest BCUT2D eigenvalue weighted by Crippen LogP contribution is -2.54. The number of nitrogens with one attached hydrogen (secondary N) is 2. The second kappa shape index (κ2) is 10.9. The Balaban J connectivity index is 1.45.